The summed E-state index contributed by atoms with van der Waals surface area (Å²) < 4.78 is 0. The third-order valence-electron chi connectivity index (χ3n) is 1.93. The Balaban J connectivity index is 2.44. The van der Waals surface area contributed by atoms with Crippen LogP contribution in [-0.2, 0) is 0 Å². The third-order valence-corrected chi connectivity index (χ3v) is 1.93. The lowest BCUT2D eigenvalue weighted by molar-refractivity contribution is 0.118. The van der Waals surface area contributed by atoms with Crippen LogP contribution in [0.5, 0.6) is 0 Å². The number of rotatable bonds is 2. The van der Waals surface area contributed by atoms with Crippen LogP contribution in [0.15, 0.2) is 11.6 Å². The molecule has 0 amide bonds. The first kappa shape index (κ1) is 7.76. The second-order valence-electron chi connectivity index (χ2n) is 2.72. The number of hydrogen-bond acceptors (Lipinski definition) is 2. The minimum absolute atomic E-state index is 0.133. The summed E-state index contributed by atoms with van der Waals surface area (Å²) in [6, 6.07) is 0. The van der Waals surface area contributed by atoms with Crippen molar-refractivity contribution < 1.29 is 10.2 Å². The van der Waals surface area contributed by atoms with Crippen LogP contribution in [0.2, 0.25) is 0 Å². The van der Waals surface area contributed by atoms with Crippen LogP contribution in [0.3, 0.4) is 0 Å². The molecule has 0 radical (unpaired) electrons. The zero-order valence-electron chi connectivity index (χ0n) is 6.08. The largest absolute Gasteiger partial charge is 0.393 e. The zero-order valence-corrected chi connectivity index (χ0v) is 6.08. The molecule has 1 aliphatic rings. The molecular formula is C8H14O2. The Morgan fingerprint density at radius 3 is 2.80 bits per heavy atom. The Labute approximate surface area is 61.2 Å². The van der Waals surface area contributed by atoms with Crippen molar-refractivity contribution in [2.24, 2.45) is 0 Å². The van der Waals surface area contributed by atoms with Gasteiger partial charge in [0.25, 0.3) is 0 Å². The quantitative estimate of drug-likeness (QED) is 0.561. The Morgan fingerprint density at radius 1 is 1.50 bits per heavy atom. The van der Waals surface area contributed by atoms with E-state index in [1.54, 1.807) is 0 Å². The molecule has 0 aromatic heterocycles. The van der Waals surface area contributed by atoms with Gasteiger partial charge in [-0.05, 0) is 31.3 Å². The first-order valence-corrected chi connectivity index (χ1v) is 3.82. The van der Waals surface area contributed by atoms with Gasteiger partial charge in [0.15, 0.2) is 0 Å². The van der Waals surface area contributed by atoms with E-state index in [2.05, 4.69) is 0 Å². The second kappa shape index (κ2) is 3.74. The summed E-state index contributed by atoms with van der Waals surface area (Å²) in [5.74, 6) is 0. The van der Waals surface area contributed by atoms with Crippen LogP contribution < -0.4 is 0 Å². The first-order valence-electron chi connectivity index (χ1n) is 3.82. The number of hydrogen-bond donors (Lipinski definition) is 2. The predicted molar refractivity (Wildman–Crippen MR) is 39.6 cm³/mol. The highest BCUT2D eigenvalue weighted by Crippen LogP contribution is 2.19. The maximum atomic E-state index is 9.16. The van der Waals surface area contributed by atoms with Gasteiger partial charge in [-0.1, -0.05) is 6.08 Å². The Bertz CT molecular complexity index is 129. The molecule has 2 nitrogen and oxygen atoms in total. The lowest BCUT2D eigenvalue weighted by atomic mass is 9.96. The van der Waals surface area contributed by atoms with Gasteiger partial charge in [0, 0.05) is 0 Å². The van der Waals surface area contributed by atoms with Crippen molar-refractivity contribution in [1.82, 2.24) is 0 Å². The summed E-state index contributed by atoms with van der Waals surface area (Å²) in [7, 11) is 0. The molecule has 2 N–H and O–H groups in total. The summed E-state index contributed by atoms with van der Waals surface area (Å²) >= 11 is 0. The minimum atomic E-state index is -0.597. The maximum Gasteiger partial charge on any atom is 0.0980 e. The summed E-state index contributed by atoms with van der Waals surface area (Å²) in [6.45, 7) is -0.133. The summed E-state index contributed by atoms with van der Waals surface area (Å²) in [6.07, 6.45) is 5.85. The number of allylic oxidation sites excluding steroid dienone is 1. The second-order valence-corrected chi connectivity index (χ2v) is 2.72. The molecule has 0 spiro atoms. The topological polar surface area (TPSA) is 40.5 Å². The van der Waals surface area contributed by atoms with Gasteiger partial charge in [-0.25, -0.2) is 0 Å². The highest BCUT2D eigenvalue weighted by Gasteiger charge is 2.11. The van der Waals surface area contributed by atoms with Gasteiger partial charge in [0.05, 0.1) is 12.7 Å². The molecular weight excluding hydrogens is 128 g/mol. The van der Waals surface area contributed by atoms with Gasteiger partial charge in [-0.15, -0.1) is 0 Å². The number of aliphatic hydroxyl groups excluding tert-OH is 2. The predicted octanol–water partition coefficient (Wildman–Crippen LogP) is 0.840. The van der Waals surface area contributed by atoms with E-state index in [1.165, 1.54) is 6.42 Å². The molecule has 0 aromatic carbocycles. The van der Waals surface area contributed by atoms with Gasteiger partial charge in [-0.3, -0.25) is 0 Å². The summed E-state index contributed by atoms with van der Waals surface area (Å²) in [5.41, 5.74) is 1.02. The van der Waals surface area contributed by atoms with Crippen molar-refractivity contribution in [2.75, 3.05) is 6.61 Å². The van der Waals surface area contributed by atoms with Crippen molar-refractivity contribution in [3.05, 3.63) is 11.6 Å². The van der Waals surface area contributed by atoms with E-state index in [0.717, 1.165) is 24.8 Å². The van der Waals surface area contributed by atoms with Gasteiger partial charge in [0.2, 0.25) is 0 Å². The number of aliphatic hydroxyl groups is 2. The van der Waals surface area contributed by atoms with E-state index in [9.17, 15) is 0 Å². The Kier molecular flexibility index (Phi) is 2.90. The van der Waals surface area contributed by atoms with E-state index in [-0.39, 0.29) is 6.61 Å². The van der Waals surface area contributed by atoms with Crippen LogP contribution in [-0.4, -0.2) is 22.9 Å². The summed E-state index contributed by atoms with van der Waals surface area (Å²) in [5, 5.41) is 17.8. The fourth-order valence-corrected chi connectivity index (χ4v) is 1.28. The van der Waals surface area contributed by atoms with E-state index >= 15 is 0 Å². The molecule has 0 bridgehead atoms. The van der Waals surface area contributed by atoms with Crippen molar-refractivity contribution in [1.29, 1.82) is 0 Å². The zero-order chi connectivity index (χ0) is 7.40. The van der Waals surface area contributed by atoms with Gasteiger partial charge < -0.3 is 10.2 Å². The molecule has 2 heteroatoms. The molecule has 10 heavy (non-hydrogen) atoms. The van der Waals surface area contributed by atoms with Gasteiger partial charge in [0.1, 0.15) is 0 Å². The molecule has 1 unspecified atom stereocenters. The molecule has 0 heterocycles. The van der Waals surface area contributed by atoms with Crippen molar-refractivity contribution >= 4 is 0 Å². The molecule has 1 rings (SSSR count). The van der Waals surface area contributed by atoms with Crippen molar-refractivity contribution in [3.8, 4) is 0 Å². The lowest BCUT2D eigenvalue weighted by Crippen LogP contribution is -2.16. The fraction of sp³-hybridized carbons (Fsp3) is 0.750. The first-order chi connectivity index (χ1) is 4.84. The maximum absolute atomic E-state index is 9.16. The van der Waals surface area contributed by atoms with Crippen molar-refractivity contribution in [3.63, 3.8) is 0 Å². The minimum Gasteiger partial charge on any atom is -0.393 e. The van der Waals surface area contributed by atoms with Crippen LogP contribution in [0.4, 0.5) is 0 Å². The standard InChI is InChI=1S/C8H14O2/c9-6-8(10)7-4-2-1-3-5-7/h4,8-10H,1-3,5-6H2. The highest BCUT2D eigenvalue weighted by molar-refractivity contribution is 5.10. The lowest BCUT2D eigenvalue weighted by Gasteiger charge is -2.16. The van der Waals surface area contributed by atoms with E-state index in [1.807, 2.05) is 6.08 Å². The van der Waals surface area contributed by atoms with Crippen molar-refractivity contribution in [2.45, 2.75) is 31.8 Å². The molecule has 1 aliphatic carbocycles. The smallest absolute Gasteiger partial charge is 0.0980 e. The average Bonchev–Trinajstić information content (AvgIpc) is 2.05. The van der Waals surface area contributed by atoms with E-state index < -0.39 is 6.10 Å². The molecule has 1 atom stereocenters. The average molecular weight is 142 g/mol. The highest BCUT2D eigenvalue weighted by atomic mass is 16.3. The van der Waals surface area contributed by atoms with Crippen LogP contribution in [0.25, 0.3) is 0 Å². The van der Waals surface area contributed by atoms with Crippen LogP contribution in [0.1, 0.15) is 25.7 Å². The molecule has 58 valence electrons. The summed E-state index contributed by atoms with van der Waals surface area (Å²) in [4.78, 5) is 0. The Hall–Kier alpha value is -0.340. The fourth-order valence-electron chi connectivity index (χ4n) is 1.28. The van der Waals surface area contributed by atoms with Gasteiger partial charge >= 0.3 is 0 Å². The normalized spacial score (nSPS) is 22.0. The van der Waals surface area contributed by atoms with E-state index in [0.29, 0.717) is 0 Å². The van der Waals surface area contributed by atoms with E-state index in [4.69, 9.17) is 10.2 Å². The monoisotopic (exact) mass is 142 g/mol. The van der Waals surface area contributed by atoms with Crippen LogP contribution in [0, 0.1) is 0 Å². The molecule has 0 fully saturated rings. The molecule has 0 saturated heterocycles. The van der Waals surface area contributed by atoms with Gasteiger partial charge in [-0.2, -0.15) is 0 Å². The third kappa shape index (κ3) is 1.82. The SMILES string of the molecule is OCC(O)C1=CCCCC1. The molecule has 0 aliphatic heterocycles. The Morgan fingerprint density at radius 2 is 2.30 bits per heavy atom. The molecule has 0 saturated carbocycles. The molecule has 0 aromatic rings. The van der Waals surface area contributed by atoms with Crippen LogP contribution >= 0.6 is 0 Å².